The van der Waals surface area contributed by atoms with Crippen LogP contribution in [0.25, 0.3) is 0 Å². The van der Waals surface area contributed by atoms with Crippen LogP contribution in [0.2, 0.25) is 0 Å². The Kier molecular flexibility index (Phi) is 2.21. The van der Waals surface area contributed by atoms with E-state index in [0.29, 0.717) is 37.0 Å². The minimum absolute atomic E-state index is 0.228. The zero-order chi connectivity index (χ0) is 10.4. The SMILES string of the molecule is NCCC(=O)N1CC2C3CCC(O3)C2C1. The molecule has 3 saturated heterocycles. The Hall–Kier alpha value is -0.610. The lowest BCUT2D eigenvalue weighted by molar-refractivity contribution is -0.130. The van der Waals surface area contributed by atoms with E-state index in [9.17, 15) is 4.79 Å². The molecular formula is C11H18N2O2. The molecule has 1 amide bonds. The van der Waals surface area contributed by atoms with Gasteiger partial charge in [0.05, 0.1) is 12.2 Å². The molecule has 3 rings (SSSR count). The summed E-state index contributed by atoms with van der Waals surface area (Å²) in [5, 5.41) is 0. The summed E-state index contributed by atoms with van der Waals surface area (Å²) < 4.78 is 5.86. The minimum atomic E-state index is 0.228. The first kappa shape index (κ1) is 9.60. The van der Waals surface area contributed by atoms with Crippen molar-refractivity contribution in [3.8, 4) is 0 Å². The zero-order valence-electron chi connectivity index (χ0n) is 8.89. The van der Waals surface area contributed by atoms with Crippen LogP contribution >= 0.6 is 0 Å². The predicted molar refractivity (Wildman–Crippen MR) is 55.1 cm³/mol. The van der Waals surface area contributed by atoms with E-state index in [-0.39, 0.29) is 5.91 Å². The molecule has 3 heterocycles. The van der Waals surface area contributed by atoms with Crippen molar-refractivity contribution in [1.29, 1.82) is 0 Å². The zero-order valence-corrected chi connectivity index (χ0v) is 8.89. The van der Waals surface area contributed by atoms with Crippen molar-refractivity contribution in [2.75, 3.05) is 19.6 Å². The molecule has 84 valence electrons. The van der Waals surface area contributed by atoms with E-state index in [1.54, 1.807) is 0 Å². The lowest BCUT2D eigenvalue weighted by atomic mass is 9.82. The number of fused-ring (bicyclic) bond motifs is 5. The first-order valence-corrected chi connectivity index (χ1v) is 5.93. The minimum Gasteiger partial charge on any atom is -0.374 e. The summed E-state index contributed by atoms with van der Waals surface area (Å²) in [7, 11) is 0. The maximum absolute atomic E-state index is 11.7. The molecule has 4 atom stereocenters. The quantitative estimate of drug-likeness (QED) is 0.696. The van der Waals surface area contributed by atoms with Gasteiger partial charge in [-0.25, -0.2) is 0 Å². The molecule has 3 aliphatic heterocycles. The Labute approximate surface area is 89.7 Å². The van der Waals surface area contributed by atoms with Gasteiger partial charge >= 0.3 is 0 Å². The standard InChI is InChI=1S/C11H18N2O2/c12-4-3-11(14)13-5-7-8(6-13)10-2-1-9(7)15-10/h7-10H,1-6,12H2. The molecule has 4 heteroatoms. The van der Waals surface area contributed by atoms with E-state index in [1.165, 1.54) is 12.8 Å². The van der Waals surface area contributed by atoms with Crippen molar-refractivity contribution in [1.82, 2.24) is 4.90 Å². The Morgan fingerprint density at radius 3 is 2.40 bits per heavy atom. The number of nitrogens with two attached hydrogens (primary N) is 1. The molecule has 2 N–H and O–H groups in total. The number of hydrogen-bond acceptors (Lipinski definition) is 3. The average molecular weight is 210 g/mol. The van der Waals surface area contributed by atoms with Crippen LogP contribution < -0.4 is 5.73 Å². The Morgan fingerprint density at radius 1 is 1.27 bits per heavy atom. The highest BCUT2D eigenvalue weighted by Gasteiger charge is 2.53. The second kappa shape index (κ2) is 3.46. The second-order valence-corrected chi connectivity index (χ2v) is 4.96. The lowest BCUT2D eigenvalue weighted by Gasteiger charge is -2.18. The fourth-order valence-electron chi connectivity index (χ4n) is 3.45. The van der Waals surface area contributed by atoms with Crippen molar-refractivity contribution in [2.24, 2.45) is 17.6 Å². The van der Waals surface area contributed by atoms with E-state index in [0.717, 1.165) is 13.1 Å². The van der Waals surface area contributed by atoms with E-state index in [4.69, 9.17) is 10.5 Å². The summed E-state index contributed by atoms with van der Waals surface area (Å²) in [6.07, 6.45) is 3.77. The number of nitrogens with zero attached hydrogens (tertiary/aromatic N) is 1. The normalized spacial score (nSPS) is 42.3. The monoisotopic (exact) mass is 210 g/mol. The molecule has 0 aromatic carbocycles. The highest BCUT2D eigenvalue weighted by atomic mass is 16.5. The number of likely N-dealkylation sites (tertiary alicyclic amines) is 1. The third-order valence-electron chi connectivity index (χ3n) is 4.16. The molecule has 0 radical (unpaired) electrons. The second-order valence-electron chi connectivity index (χ2n) is 4.96. The fraction of sp³-hybridized carbons (Fsp3) is 0.909. The molecule has 4 unspecified atom stereocenters. The summed E-state index contributed by atoms with van der Waals surface area (Å²) in [6.45, 7) is 2.28. The van der Waals surface area contributed by atoms with Gasteiger partial charge in [0.1, 0.15) is 0 Å². The predicted octanol–water partition coefficient (Wildman–Crippen LogP) is -0.0290. The first-order valence-electron chi connectivity index (χ1n) is 5.93. The van der Waals surface area contributed by atoms with Gasteiger partial charge in [0.25, 0.3) is 0 Å². The van der Waals surface area contributed by atoms with Gasteiger partial charge in [-0.05, 0) is 12.8 Å². The highest BCUT2D eigenvalue weighted by Crippen LogP contribution is 2.47. The summed E-state index contributed by atoms with van der Waals surface area (Å²) in [4.78, 5) is 13.7. The van der Waals surface area contributed by atoms with Crippen molar-refractivity contribution in [2.45, 2.75) is 31.5 Å². The molecule has 0 aliphatic carbocycles. The number of rotatable bonds is 2. The molecular weight excluding hydrogens is 192 g/mol. The molecule has 0 spiro atoms. The maximum Gasteiger partial charge on any atom is 0.223 e. The third-order valence-corrected chi connectivity index (χ3v) is 4.16. The van der Waals surface area contributed by atoms with Crippen LogP contribution in [-0.2, 0) is 9.53 Å². The highest BCUT2D eigenvalue weighted by molar-refractivity contribution is 5.76. The smallest absolute Gasteiger partial charge is 0.223 e. The number of ether oxygens (including phenoxy) is 1. The van der Waals surface area contributed by atoms with E-state index < -0.39 is 0 Å². The molecule has 0 aromatic rings. The van der Waals surface area contributed by atoms with E-state index >= 15 is 0 Å². The van der Waals surface area contributed by atoms with Crippen LogP contribution in [0.5, 0.6) is 0 Å². The summed E-state index contributed by atoms with van der Waals surface area (Å²) in [5.41, 5.74) is 5.41. The van der Waals surface area contributed by atoms with Crippen LogP contribution in [0.1, 0.15) is 19.3 Å². The average Bonchev–Trinajstić information content (AvgIpc) is 2.90. The van der Waals surface area contributed by atoms with Crippen LogP contribution in [-0.4, -0.2) is 42.6 Å². The Bertz CT molecular complexity index is 264. The number of amides is 1. The van der Waals surface area contributed by atoms with Gasteiger partial charge < -0.3 is 15.4 Å². The van der Waals surface area contributed by atoms with Crippen molar-refractivity contribution in [3.63, 3.8) is 0 Å². The first-order chi connectivity index (χ1) is 7.29. The molecule has 0 saturated carbocycles. The molecule has 0 aromatic heterocycles. The van der Waals surface area contributed by atoms with E-state index in [1.807, 2.05) is 4.90 Å². The van der Waals surface area contributed by atoms with E-state index in [2.05, 4.69) is 0 Å². The fourth-order valence-corrected chi connectivity index (χ4v) is 3.45. The van der Waals surface area contributed by atoms with Gasteiger partial charge in [0.2, 0.25) is 5.91 Å². The Morgan fingerprint density at radius 2 is 1.87 bits per heavy atom. The molecule has 3 aliphatic rings. The maximum atomic E-state index is 11.7. The summed E-state index contributed by atoms with van der Waals surface area (Å²) in [6, 6.07) is 0. The van der Waals surface area contributed by atoms with Gasteiger partial charge in [-0.2, -0.15) is 0 Å². The van der Waals surface area contributed by atoms with Crippen molar-refractivity contribution in [3.05, 3.63) is 0 Å². The van der Waals surface area contributed by atoms with Crippen molar-refractivity contribution >= 4 is 5.91 Å². The van der Waals surface area contributed by atoms with Crippen molar-refractivity contribution < 1.29 is 9.53 Å². The third kappa shape index (κ3) is 1.39. The summed E-state index contributed by atoms with van der Waals surface area (Å²) in [5.74, 6) is 1.46. The molecule has 2 bridgehead atoms. The topological polar surface area (TPSA) is 55.6 Å². The van der Waals surface area contributed by atoms with Gasteiger partial charge in [0.15, 0.2) is 0 Å². The lowest BCUT2D eigenvalue weighted by Crippen LogP contribution is -2.32. The Balaban J connectivity index is 1.66. The number of hydrogen-bond donors (Lipinski definition) is 1. The molecule has 4 nitrogen and oxygen atoms in total. The van der Waals surface area contributed by atoms with Gasteiger partial charge in [-0.1, -0.05) is 0 Å². The summed E-state index contributed by atoms with van der Waals surface area (Å²) >= 11 is 0. The number of carbonyl (C=O) groups is 1. The van der Waals surface area contributed by atoms with Crippen LogP contribution in [0.4, 0.5) is 0 Å². The van der Waals surface area contributed by atoms with Crippen LogP contribution in [0.15, 0.2) is 0 Å². The van der Waals surface area contributed by atoms with Gasteiger partial charge in [-0.3, -0.25) is 4.79 Å². The van der Waals surface area contributed by atoms with Gasteiger partial charge in [0, 0.05) is 37.9 Å². The van der Waals surface area contributed by atoms with Gasteiger partial charge in [-0.15, -0.1) is 0 Å². The largest absolute Gasteiger partial charge is 0.374 e. The van der Waals surface area contributed by atoms with Crippen LogP contribution in [0.3, 0.4) is 0 Å². The van der Waals surface area contributed by atoms with Crippen LogP contribution in [0, 0.1) is 11.8 Å². The molecule has 3 fully saturated rings. The molecule has 15 heavy (non-hydrogen) atoms. The number of carbonyl (C=O) groups excluding carboxylic acids is 1.